The monoisotopic (exact) mass is 814 g/mol. The van der Waals surface area contributed by atoms with Crippen molar-refractivity contribution in [1.29, 1.82) is 0 Å². The van der Waals surface area contributed by atoms with E-state index in [0.717, 1.165) is 17.2 Å². The van der Waals surface area contributed by atoms with Gasteiger partial charge in [-0.3, -0.25) is 28.6 Å². The summed E-state index contributed by atoms with van der Waals surface area (Å²) in [6, 6.07) is 20.9. The van der Waals surface area contributed by atoms with Gasteiger partial charge >= 0.3 is 0 Å². The Hall–Kier alpha value is -7.47. The summed E-state index contributed by atoms with van der Waals surface area (Å²) in [5.41, 5.74) is 5.15. The van der Waals surface area contributed by atoms with E-state index in [1.807, 2.05) is 33.3 Å². The van der Waals surface area contributed by atoms with Crippen molar-refractivity contribution in [2.24, 2.45) is 0 Å². The summed E-state index contributed by atoms with van der Waals surface area (Å²) in [7, 11) is 0. The van der Waals surface area contributed by atoms with Gasteiger partial charge in [-0.2, -0.15) is 15.2 Å². The molecule has 6 heterocycles. The number of ether oxygens (including phenoxy) is 1. The fraction of sp³-hybridized carbons (Fsp3) is 0.200. The minimum Gasteiger partial charge on any atom is -0.508 e. The Kier molecular flexibility index (Phi) is 11.0. The van der Waals surface area contributed by atoms with Gasteiger partial charge in [0, 0.05) is 97.5 Å². The number of benzene rings is 2. The summed E-state index contributed by atoms with van der Waals surface area (Å²) in [5.74, 6) is 4.79. The molecule has 0 unspecified atom stereocenters. The first kappa shape index (κ1) is 38.4. The molecule has 10 rings (SSSR count). The number of aromatic nitrogens is 10. The SMILES string of the molecule is CC(=O)Nc1ccc(O)cc1.CC(=O)Nc1ccc(Oc2cc3nccn3c(Nc3cc(C4CC4)[nH]n3)n2)cc1.Clc1cc2nccn2c(Nc2cc(C3CC3)[nH]n2)n1. The van der Waals surface area contributed by atoms with Gasteiger partial charge in [-0.15, -0.1) is 0 Å². The highest BCUT2D eigenvalue weighted by Gasteiger charge is 2.26. The van der Waals surface area contributed by atoms with Crippen LogP contribution >= 0.6 is 11.6 Å². The van der Waals surface area contributed by atoms with Crippen molar-refractivity contribution in [3.63, 3.8) is 0 Å². The molecular formula is C40H39ClN14O4. The number of imidazole rings is 2. The Morgan fingerprint density at radius 1 is 0.712 bits per heavy atom. The molecule has 6 aromatic heterocycles. The Bertz CT molecular complexity index is 2720. The van der Waals surface area contributed by atoms with E-state index in [0.29, 0.717) is 63.4 Å². The number of phenols is 1. The molecule has 2 aromatic carbocycles. The van der Waals surface area contributed by atoms with Gasteiger partial charge in [-0.1, -0.05) is 11.6 Å². The van der Waals surface area contributed by atoms with Crippen molar-refractivity contribution >= 4 is 69.6 Å². The third kappa shape index (κ3) is 10.1. The van der Waals surface area contributed by atoms with Gasteiger partial charge in [-0.05, 0) is 74.2 Å². The molecule has 7 N–H and O–H groups in total. The summed E-state index contributed by atoms with van der Waals surface area (Å²) in [6.45, 7) is 2.91. The number of amides is 2. The van der Waals surface area contributed by atoms with Crippen LogP contribution < -0.4 is 26.0 Å². The second kappa shape index (κ2) is 16.9. The van der Waals surface area contributed by atoms with E-state index in [1.165, 1.54) is 57.4 Å². The minimum absolute atomic E-state index is 0.115. The van der Waals surface area contributed by atoms with Crippen LogP contribution in [0, 0.1) is 0 Å². The second-order valence-electron chi connectivity index (χ2n) is 13.9. The Morgan fingerprint density at radius 2 is 1.20 bits per heavy atom. The summed E-state index contributed by atoms with van der Waals surface area (Å²) in [5, 5.41) is 35.7. The van der Waals surface area contributed by atoms with Crippen molar-refractivity contribution in [2.75, 3.05) is 21.3 Å². The molecule has 2 aliphatic carbocycles. The third-order valence-corrected chi connectivity index (χ3v) is 9.21. The van der Waals surface area contributed by atoms with Crippen molar-refractivity contribution in [3.8, 4) is 17.4 Å². The van der Waals surface area contributed by atoms with Crippen molar-refractivity contribution < 1.29 is 19.4 Å². The molecule has 19 heteroatoms. The van der Waals surface area contributed by atoms with Gasteiger partial charge in [0.25, 0.3) is 0 Å². The van der Waals surface area contributed by atoms with E-state index < -0.39 is 0 Å². The highest BCUT2D eigenvalue weighted by molar-refractivity contribution is 6.29. The van der Waals surface area contributed by atoms with Crippen LogP contribution in [0.15, 0.2) is 97.6 Å². The Labute approximate surface area is 341 Å². The predicted octanol–water partition coefficient (Wildman–Crippen LogP) is 7.90. The van der Waals surface area contributed by atoms with Crippen molar-refractivity contribution in [2.45, 2.75) is 51.4 Å². The zero-order chi connectivity index (χ0) is 40.9. The molecule has 59 heavy (non-hydrogen) atoms. The summed E-state index contributed by atoms with van der Waals surface area (Å²) in [6.07, 6.45) is 11.9. The zero-order valence-corrected chi connectivity index (χ0v) is 32.6. The minimum atomic E-state index is -0.121. The first-order valence-electron chi connectivity index (χ1n) is 18.7. The number of fused-ring (bicyclic) bond motifs is 2. The van der Waals surface area contributed by atoms with Crippen molar-refractivity contribution in [1.82, 2.24) is 49.1 Å². The highest BCUT2D eigenvalue weighted by Crippen LogP contribution is 2.40. The Morgan fingerprint density at radius 3 is 1.71 bits per heavy atom. The first-order valence-corrected chi connectivity index (χ1v) is 19.1. The van der Waals surface area contributed by atoms with Crippen LogP contribution in [-0.2, 0) is 9.59 Å². The fourth-order valence-corrected chi connectivity index (χ4v) is 6.12. The van der Waals surface area contributed by atoms with Gasteiger partial charge in [-0.25, -0.2) is 15.0 Å². The molecule has 2 aliphatic rings. The lowest BCUT2D eigenvalue weighted by Gasteiger charge is -2.10. The molecule has 2 saturated carbocycles. The van der Waals surface area contributed by atoms with Gasteiger partial charge in [0.1, 0.15) is 27.9 Å². The molecule has 2 amide bonds. The zero-order valence-electron chi connectivity index (χ0n) is 31.8. The average molecular weight is 815 g/mol. The second-order valence-corrected chi connectivity index (χ2v) is 14.3. The smallest absolute Gasteiger partial charge is 0.226 e. The van der Waals surface area contributed by atoms with Crippen LogP contribution in [0.3, 0.4) is 0 Å². The van der Waals surface area contributed by atoms with E-state index in [1.54, 1.807) is 60.9 Å². The van der Waals surface area contributed by atoms with E-state index >= 15 is 0 Å². The van der Waals surface area contributed by atoms with E-state index in [9.17, 15) is 9.59 Å². The number of H-pyrrole nitrogens is 2. The molecule has 0 spiro atoms. The number of aromatic hydroxyl groups is 1. The maximum absolute atomic E-state index is 11.1. The number of hydrogen-bond acceptors (Lipinski definition) is 12. The van der Waals surface area contributed by atoms with E-state index in [-0.39, 0.29) is 17.6 Å². The van der Waals surface area contributed by atoms with Crippen LogP contribution in [0.25, 0.3) is 11.3 Å². The number of nitrogens with zero attached hydrogens (tertiary/aromatic N) is 8. The highest BCUT2D eigenvalue weighted by atomic mass is 35.5. The number of hydrogen-bond donors (Lipinski definition) is 7. The van der Waals surface area contributed by atoms with E-state index in [2.05, 4.69) is 61.6 Å². The van der Waals surface area contributed by atoms with E-state index in [4.69, 9.17) is 21.4 Å². The van der Waals surface area contributed by atoms with Crippen LogP contribution in [0.1, 0.15) is 62.8 Å². The number of phenolic OH excluding ortho intramolecular Hbond substituents is 1. The normalized spacial score (nSPS) is 13.1. The predicted molar refractivity (Wildman–Crippen MR) is 222 cm³/mol. The quantitative estimate of drug-likeness (QED) is 0.0516. The van der Waals surface area contributed by atoms with Gasteiger partial charge < -0.3 is 31.1 Å². The standard InChI is InChI=1S/C20H19N7O2.C12H11ClN6.C8H9NO2/c1-12(28)22-14-4-6-15(7-5-14)29-19-11-18-21-8-9-27(18)20(24-19)23-17-10-16(25-26-17)13-2-3-13;13-9-6-11-14-3-4-19(11)12(15-9)16-10-5-8(17-18-10)7-1-2-7;1-6(10)9-7-2-4-8(11)5-3-7/h4-11,13H,2-3H2,1H3,(H,22,28)(H2,23,24,25,26);3-7H,1-2H2,(H2,15,16,17,18);2-5,11H,1H3,(H,9,10). The van der Waals surface area contributed by atoms with Crippen LogP contribution in [0.5, 0.6) is 17.4 Å². The number of rotatable bonds is 10. The lowest BCUT2D eigenvalue weighted by Crippen LogP contribution is -2.05. The number of anilines is 6. The third-order valence-electron chi connectivity index (χ3n) is 9.02. The van der Waals surface area contributed by atoms with Gasteiger partial charge in [0.05, 0.1) is 0 Å². The molecule has 18 nitrogen and oxygen atoms in total. The lowest BCUT2D eigenvalue weighted by molar-refractivity contribution is -0.115. The molecule has 8 aromatic rings. The van der Waals surface area contributed by atoms with Crippen molar-refractivity contribution in [3.05, 3.63) is 114 Å². The molecule has 0 atom stereocenters. The molecule has 0 saturated heterocycles. The Balaban J connectivity index is 0.000000138. The molecule has 0 radical (unpaired) electrons. The van der Waals surface area contributed by atoms with Crippen LogP contribution in [-0.4, -0.2) is 66.1 Å². The number of carbonyl (C=O) groups excluding carboxylic acids is 2. The fourth-order valence-electron chi connectivity index (χ4n) is 5.94. The molecule has 0 aliphatic heterocycles. The topological polar surface area (TPSA) is 229 Å². The lowest BCUT2D eigenvalue weighted by atomic mass is 10.3. The summed E-state index contributed by atoms with van der Waals surface area (Å²) < 4.78 is 9.56. The largest absolute Gasteiger partial charge is 0.508 e. The van der Waals surface area contributed by atoms with Crippen LogP contribution in [0.2, 0.25) is 5.15 Å². The van der Waals surface area contributed by atoms with Gasteiger partial charge in [0.2, 0.25) is 29.6 Å². The average Bonchev–Trinajstić information content (AvgIpc) is 3.99. The van der Waals surface area contributed by atoms with Crippen LogP contribution in [0.4, 0.5) is 34.9 Å². The summed E-state index contributed by atoms with van der Waals surface area (Å²) in [4.78, 5) is 39.0. The molecule has 0 bridgehead atoms. The number of nitrogens with one attached hydrogen (secondary N) is 6. The molecule has 2 fully saturated rings. The first-order chi connectivity index (χ1) is 28.6. The molecular weight excluding hydrogens is 776 g/mol. The number of aromatic amines is 2. The van der Waals surface area contributed by atoms with Gasteiger partial charge in [0.15, 0.2) is 11.6 Å². The number of halogens is 1. The maximum Gasteiger partial charge on any atom is 0.226 e. The summed E-state index contributed by atoms with van der Waals surface area (Å²) >= 11 is 5.98. The maximum atomic E-state index is 11.1. The molecule has 300 valence electrons. The number of carbonyl (C=O) groups is 2.